The van der Waals surface area contributed by atoms with Crippen molar-refractivity contribution in [1.82, 2.24) is 4.98 Å². The number of nitrogens with one attached hydrogen (secondary N) is 1. The average molecular weight is 543 g/mol. The van der Waals surface area contributed by atoms with Crippen molar-refractivity contribution in [1.29, 1.82) is 0 Å². The molecule has 3 N–H and O–H groups in total. The van der Waals surface area contributed by atoms with Crippen LogP contribution in [0.4, 0.5) is 24.7 Å². The number of nitrogens with two attached hydrogens (primary N) is 1. The minimum atomic E-state index is -4.35. The van der Waals surface area contributed by atoms with Gasteiger partial charge in [0, 0.05) is 16.3 Å². The van der Waals surface area contributed by atoms with E-state index < -0.39 is 11.7 Å². The van der Waals surface area contributed by atoms with Crippen molar-refractivity contribution in [3.8, 4) is 11.5 Å². The fourth-order valence-corrected chi connectivity index (χ4v) is 3.34. The predicted molar refractivity (Wildman–Crippen MR) is 122 cm³/mol. The highest BCUT2D eigenvalue weighted by Crippen LogP contribution is 2.31. The fourth-order valence-electron chi connectivity index (χ4n) is 2.87. The van der Waals surface area contributed by atoms with Gasteiger partial charge in [0.15, 0.2) is 11.5 Å². The molecule has 3 aromatic rings. The fraction of sp³-hybridized carbons (Fsp3) is 0.227. The van der Waals surface area contributed by atoms with E-state index in [0.29, 0.717) is 41.5 Å². The zero-order valence-corrected chi connectivity index (χ0v) is 18.8. The number of nitrogens with zero attached hydrogens (tertiary/aromatic N) is 1. The molecule has 0 aliphatic heterocycles. The molecule has 0 saturated carbocycles. The third-order valence-electron chi connectivity index (χ3n) is 4.49. The Bertz CT molecular complexity index is 1030. The summed E-state index contributed by atoms with van der Waals surface area (Å²) in [5, 5.41) is 3.21. The Balaban J connectivity index is 1.58. The minimum absolute atomic E-state index is 0.132. The summed E-state index contributed by atoms with van der Waals surface area (Å²) >= 11 is 2.15. The summed E-state index contributed by atoms with van der Waals surface area (Å²) in [6, 6.07) is 12.3. The predicted octanol–water partition coefficient (Wildman–Crippen LogP) is 5.53. The zero-order valence-electron chi connectivity index (χ0n) is 16.7. The van der Waals surface area contributed by atoms with E-state index in [1.54, 1.807) is 19.4 Å². The third kappa shape index (κ3) is 6.39. The molecule has 0 atom stereocenters. The van der Waals surface area contributed by atoms with Gasteiger partial charge in [-0.3, -0.25) is 0 Å². The van der Waals surface area contributed by atoms with E-state index in [4.69, 9.17) is 15.2 Å². The van der Waals surface area contributed by atoms with Gasteiger partial charge in [-0.15, -0.1) is 0 Å². The van der Waals surface area contributed by atoms with Crippen molar-refractivity contribution in [2.45, 2.75) is 19.2 Å². The summed E-state index contributed by atoms with van der Waals surface area (Å²) in [7, 11) is 1.54. The smallest absolute Gasteiger partial charge is 0.416 e. The molecule has 0 spiro atoms. The summed E-state index contributed by atoms with van der Waals surface area (Å²) < 4.78 is 50.1. The van der Waals surface area contributed by atoms with Crippen molar-refractivity contribution >= 4 is 34.1 Å². The standard InChI is InChI=1S/C22H21F3IN3O2/c1-30-20-10-14(8-9-28-21-18(27)11-17(26)12-29-21)4-7-19(20)31-13-15-2-5-16(6-3-15)22(23,24)25/h2-7,10-12H,8-9,13,27H2,1H3,(H,28,29). The summed E-state index contributed by atoms with van der Waals surface area (Å²) in [5.74, 6) is 1.71. The van der Waals surface area contributed by atoms with Gasteiger partial charge < -0.3 is 20.5 Å². The van der Waals surface area contributed by atoms with Crippen LogP contribution in [0.3, 0.4) is 0 Å². The second-order valence-corrected chi connectivity index (χ2v) is 7.98. The molecule has 0 aliphatic carbocycles. The number of rotatable bonds is 8. The Morgan fingerprint density at radius 2 is 1.74 bits per heavy atom. The first kappa shape index (κ1) is 23.0. The van der Waals surface area contributed by atoms with Crippen molar-refractivity contribution in [3.05, 3.63) is 75.0 Å². The highest BCUT2D eigenvalue weighted by Gasteiger charge is 2.29. The number of ether oxygens (including phenoxy) is 2. The maximum atomic E-state index is 12.7. The first-order valence-corrected chi connectivity index (χ1v) is 10.4. The van der Waals surface area contributed by atoms with Crippen molar-refractivity contribution in [2.24, 2.45) is 0 Å². The Labute approximate surface area is 191 Å². The van der Waals surface area contributed by atoms with Crippen LogP contribution in [0.5, 0.6) is 11.5 Å². The lowest BCUT2D eigenvalue weighted by molar-refractivity contribution is -0.137. The molecular formula is C22H21F3IN3O2. The Kier molecular flexibility index (Phi) is 7.47. The lowest BCUT2D eigenvalue weighted by atomic mass is 10.1. The normalized spacial score (nSPS) is 11.3. The first-order chi connectivity index (χ1) is 14.8. The molecule has 0 fully saturated rings. The van der Waals surface area contributed by atoms with Crippen LogP contribution >= 0.6 is 22.6 Å². The van der Waals surface area contributed by atoms with Gasteiger partial charge in [-0.1, -0.05) is 18.2 Å². The highest BCUT2D eigenvalue weighted by atomic mass is 127. The van der Waals surface area contributed by atoms with Gasteiger partial charge in [0.1, 0.15) is 12.4 Å². The van der Waals surface area contributed by atoms with Crippen LogP contribution in [-0.2, 0) is 19.2 Å². The first-order valence-electron chi connectivity index (χ1n) is 9.37. The molecule has 0 bridgehead atoms. The van der Waals surface area contributed by atoms with Gasteiger partial charge in [0.05, 0.1) is 18.4 Å². The van der Waals surface area contributed by atoms with Crippen LogP contribution in [0.15, 0.2) is 54.7 Å². The van der Waals surface area contributed by atoms with Gasteiger partial charge in [-0.05, 0) is 70.5 Å². The number of benzene rings is 2. The van der Waals surface area contributed by atoms with Gasteiger partial charge in [0.25, 0.3) is 0 Å². The molecule has 0 saturated heterocycles. The topological polar surface area (TPSA) is 69.4 Å². The molecule has 0 radical (unpaired) electrons. The van der Waals surface area contributed by atoms with E-state index in [1.165, 1.54) is 12.1 Å². The lowest BCUT2D eigenvalue weighted by Gasteiger charge is -2.13. The highest BCUT2D eigenvalue weighted by molar-refractivity contribution is 14.1. The molecule has 0 unspecified atom stereocenters. The Morgan fingerprint density at radius 3 is 2.39 bits per heavy atom. The van der Waals surface area contributed by atoms with E-state index in [2.05, 4.69) is 32.9 Å². The lowest BCUT2D eigenvalue weighted by Crippen LogP contribution is -2.09. The molecule has 5 nitrogen and oxygen atoms in total. The van der Waals surface area contributed by atoms with E-state index in [-0.39, 0.29) is 6.61 Å². The number of hydrogen-bond acceptors (Lipinski definition) is 5. The largest absolute Gasteiger partial charge is 0.493 e. The quantitative estimate of drug-likeness (QED) is 0.366. The van der Waals surface area contributed by atoms with Gasteiger partial charge in [-0.25, -0.2) is 4.98 Å². The molecule has 31 heavy (non-hydrogen) atoms. The number of halogens is 4. The molecule has 1 heterocycles. The number of methoxy groups -OCH3 is 1. The van der Waals surface area contributed by atoms with E-state index >= 15 is 0 Å². The third-order valence-corrected chi connectivity index (χ3v) is 5.08. The molecule has 3 rings (SSSR count). The van der Waals surface area contributed by atoms with Crippen molar-refractivity contribution in [3.63, 3.8) is 0 Å². The van der Waals surface area contributed by atoms with Crippen LogP contribution in [0.25, 0.3) is 0 Å². The number of hydrogen-bond donors (Lipinski definition) is 2. The van der Waals surface area contributed by atoms with Gasteiger partial charge in [-0.2, -0.15) is 13.2 Å². The zero-order chi connectivity index (χ0) is 22.4. The van der Waals surface area contributed by atoms with Gasteiger partial charge >= 0.3 is 6.18 Å². The molecule has 0 aliphatic rings. The molecule has 1 aromatic heterocycles. The maximum Gasteiger partial charge on any atom is 0.416 e. The molecule has 164 valence electrons. The molecule has 9 heteroatoms. The van der Waals surface area contributed by atoms with Crippen molar-refractivity contribution in [2.75, 3.05) is 24.7 Å². The van der Waals surface area contributed by atoms with Gasteiger partial charge in [0.2, 0.25) is 0 Å². The SMILES string of the molecule is COc1cc(CCNc2ncc(I)cc2N)ccc1OCc1ccc(C(F)(F)F)cc1. The number of pyridine rings is 1. The molecule has 2 aromatic carbocycles. The van der Waals surface area contributed by atoms with Crippen LogP contribution in [0.1, 0.15) is 16.7 Å². The van der Waals surface area contributed by atoms with Crippen LogP contribution in [0.2, 0.25) is 0 Å². The van der Waals surface area contributed by atoms with Crippen LogP contribution in [0, 0.1) is 3.57 Å². The maximum absolute atomic E-state index is 12.7. The molecular weight excluding hydrogens is 522 g/mol. The minimum Gasteiger partial charge on any atom is -0.493 e. The Hall–Kier alpha value is -2.69. The number of aromatic nitrogens is 1. The Morgan fingerprint density at radius 1 is 1.03 bits per heavy atom. The van der Waals surface area contributed by atoms with Crippen molar-refractivity contribution < 1.29 is 22.6 Å². The van der Waals surface area contributed by atoms with E-state index in [1.807, 2.05) is 18.2 Å². The van der Waals surface area contributed by atoms with Crippen LogP contribution in [-0.4, -0.2) is 18.6 Å². The monoisotopic (exact) mass is 543 g/mol. The van der Waals surface area contributed by atoms with E-state index in [0.717, 1.165) is 21.3 Å². The number of anilines is 2. The number of nitrogen functional groups attached to an aromatic ring is 1. The average Bonchev–Trinajstić information content (AvgIpc) is 2.74. The summed E-state index contributed by atoms with van der Waals surface area (Å²) in [6.07, 6.45) is -1.90. The van der Waals surface area contributed by atoms with Crippen LogP contribution < -0.4 is 20.5 Å². The molecule has 0 amide bonds. The summed E-state index contributed by atoms with van der Waals surface area (Å²) in [4.78, 5) is 4.28. The number of alkyl halides is 3. The summed E-state index contributed by atoms with van der Waals surface area (Å²) in [6.45, 7) is 0.764. The second-order valence-electron chi connectivity index (χ2n) is 6.74. The van der Waals surface area contributed by atoms with E-state index in [9.17, 15) is 13.2 Å². The second kappa shape index (κ2) is 10.1. The summed E-state index contributed by atoms with van der Waals surface area (Å²) in [5.41, 5.74) is 7.52.